The molecule has 4 fully saturated rings. The molecule has 2 unspecified atom stereocenters. The van der Waals surface area contributed by atoms with Crippen molar-refractivity contribution >= 4 is 52.3 Å². The summed E-state index contributed by atoms with van der Waals surface area (Å²) in [6.07, 6.45) is 2.75. The van der Waals surface area contributed by atoms with Gasteiger partial charge in [0, 0.05) is 6.04 Å². The van der Waals surface area contributed by atoms with E-state index in [1.54, 1.807) is 40.0 Å². The molecule has 198 valence electrons. The van der Waals surface area contributed by atoms with E-state index >= 15 is 0 Å². The van der Waals surface area contributed by atoms with Gasteiger partial charge < -0.3 is 59.5 Å². The van der Waals surface area contributed by atoms with Crippen LogP contribution in [0.1, 0.15) is 39.5 Å². The molecule has 0 amide bonds. The van der Waals surface area contributed by atoms with Crippen molar-refractivity contribution in [3.63, 3.8) is 0 Å². The lowest BCUT2D eigenvalue weighted by molar-refractivity contribution is -0.120. The Bertz CT molecular complexity index is 799. The zero-order chi connectivity index (χ0) is 25.7. The fourth-order valence-electron chi connectivity index (χ4n) is 5.87. The molecule has 0 aromatic carbocycles. The van der Waals surface area contributed by atoms with E-state index in [1.807, 2.05) is 0 Å². The van der Waals surface area contributed by atoms with E-state index in [2.05, 4.69) is 0 Å². The van der Waals surface area contributed by atoms with Crippen molar-refractivity contribution in [3.05, 3.63) is 0 Å². The fraction of sp³-hybridized carbons (Fsp3) is 1.00. The summed E-state index contributed by atoms with van der Waals surface area (Å²) in [5.74, 6) is 0. The van der Waals surface area contributed by atoms with Crippen molar-refractivity contribution in [2.24, 2.45) is 5.73 Å². The number of nitrogens with two attached hydrogens (primary N) is 1. The van der Waals surface area contributed by atoms with E-state index in [0.29, 0.717) is 19.4 Å². The fourth-order valence-corrected chi connectivity index (χ4v) is 33.5. The molecule has 4 rings (SSSR count). The molecular weight excluding hydrogens is 555 g/mol. The van der Waals surface area contributed by atoms with Gasteiger partial charge in [-0.25, -0.2) is 0 Å². The average molecular weight is 592 g/mol. The molecule has 1 spiro atoms. The zero-order valence-corrected chi connectivity index (χ0v) is 26.4. The normalized spacial score (nSPS) is 47.6. The Morgan fingerprint density at radius 2 is 1.09 bits per heavy atom. The third kappa shape index (κ3) is 3.61. The second-order valence-corrected chi connectivity index (χ2v) is 28.6. The number of hydrogen-bond donors (Lipinski definition) is 6. The maximum absolute atomic E-state index is 12.1. The smallest absolute Gasteiger partial charge is 0.412 e. The Morgan fingerprint density at radius 1 is 0.647 bits per heavy atom. The van der Waals surface area contributed by atoms with Crippen LogP contribution in [0.2, 0.25) is 32.2 Å². The zero-order valence-electron chi connectivity index (χ0n) is 20.4. The lowest BCUT2D eigenvalue weighted by Gasteiger charge is -2.53. The largest absolute Gasteiger partial charge is 0.667 e. The summed E-state index contributed by atoms with van der Waals surface area (Å²) < 4.78 is 42.7. The Labute approximate surface area is 205 Å². The first-order valence-electron chi connectivity index (χ1n) is 11.5. The third-order valence-electron chi connectivity index (χ3n) is 7.87. The SMILES string of the molecule is CC12O[Si](O)(O)O[Si]3(CCCCCCN)OC14C(C)(O[Si](O)(O)O3)[Si](C)(C)O[Si]4(O)O[Si]2(C)C. The lowest BCUT2D eigenvalue weighted by Crippen LogP contribution is -2.80. The van der Waals surface area contributed by atoms with Crippen LogP contribution in [-0.2, 0) is 29.7 Å². The first-order valence-corrected chi connectivity index (χ1v) is 24.4. The van der Waals surface area contributed by atoms with Crippen LogP contribution in [0.15, 0.2) is 0 Å². The van der Waals surface area contributed by atoms with E-state index in [-0.39, 0.29) is 6.04 Å². The maximum atomic E-state index is 12.1. The van der Waals surface area contributed by atoms with Crippen LogP contribution in [0, 0.1) is 0 Å². The van der Waals surface area contributed by atoms with Crippen molar-refractivity contribution in [2.75, 3.05) is 6.54 Å². The van der Waals surface area contributed by atoms with Crippen LogP contribution in [0.4, 0.5) is 0 Å². The van der Waals surface area contributed by atoms with Crippen LogP contribution < -0.4 is 5.73 Å². The second-order valence-electron chi connectivity index (χ2n) is 10.8. The molecule has 4 aliphatic heterocycles. The number of rotatable bonds is 6. The van der Waals surface area contributed by atoms with Crippen molar-refractivity contribution in [3.8, 4) is 0 Å². The first kappa shape index (κ1) is 27.8. The summed E-state index contributed by atoms with van der Waals surface area (Å²) in [5.41, 5.74) is 5.57. The van der Waals surface area contributed by atoms with E-state index in [1.165, 1.54) is 0 Å². The Kier molecular flexibility index (Phi) is 6.46. The average Bonchev–Trinajstić information content (AvgIpc) is 2.73. The van der Waals surface area contributed by atoms with Gasteiger partial charge in [0.1, 0.15) is 10.4 Å². The summed E-state index contributed by atoms with van der Waals surface area (Å²) in [5, 5.41) is -5.19. The predicted molar refractivity (Wildman–Crippen MR) is 129 cm³/mol. The Hall–Kier alpha value is 0.781. The van der Waals surface area contributed by atoms with Crippen molar-refractivity contribution < 1.29 is 53.7 Å². The highest BCUT2D eigenvalue weighted by Gasteiger charge is 2.98. The third-order valence-corrected chi connectivity index (χ3v) is 30.3. The van der Waals surface area contributed by atoms with Gasteiger partial charge in [-0.3, -0.25) is 0 Å². The van der Waals surface area contributed by atoms with Crippen LogP contribution in [0.5, 0.6) is 0 Å². The molecule has 4 saturated heterocycles. The summed E-state index contributed by atoms with van der Waals surface area (Å²) >= 11 is 0. The van der Waals surface area contributed by atoms with Gasteiger partial charge in [0.15, 0.2) is 5.22 Å². The van der Waals surface area contributed by atoms with Crippen LogP contribution in [-0.4, -0.2) is 98.5 Å². The molecule has 7 N–H and O–H groups in total. The molecule has 34 heavy (non-hydrogen) atoms. The van der Waals surface area contributed by atoms with Crippen LogP contribution in [0.25, 0.3) is 0 Å². The van der Waals surface area contributed by atoms with Crippen LogP contribution >= 0.6 is 0 Å². The monoisotopic (exact) mass is 591 g/mol. The summed E-state index contributed by atoms with van der Waals surface area (Å²) in [6.45, 7) is 10.7. The molecular formula is C15H37NO12Si6. The quantitative estimate of drug-likeness (QED) is 0.157. The predicted octanol–water partition coefficient (Wildman–Crippen LogP) is -1.33. The highest BCUT2D eigenvalue weighted by molar-refractivity contribution is 6.99. The van der Waals surface area contributed by atoms with Gasteiger partial charge in [0.05, 0.1) is 0 Å². The summed E-state index contributed by atoms with van der Waals surface area (Å²) in [4.78, 5) is 56.0. The van der Waals surface area contributed by atoms with Gasteiger partial charge in [-0.15, -0.1) is 0 Å². The van der Waals surface area contributed by atoms with Crippen molar-refractivity contribution in [2.45, 2.75) is 87.4 Å². The first-order chi connectivity index (χ1) is 15.3. The molecule has 4 heterocycles. The van der Waals surface area contributed by atoms with Gasteiger partial charge in [0.25, 0.3) is 0 Å². The van der Waals surface area contributed by atoms with Crippen LogP contribution in [0.3, 0.4) is 0 Å². The maximum Gasteiger partial charge on any atom is 0.667 e. The van der Waals surface area contributed by atoms with E-state index in [4.69, 9.17) is 35.5 Å². The topological polar surface area (TPSA) is 192 Å². The molecule has 2 atom stereocenters. The number of unbranched alkanes of at least 4 members (excludes halogenated alkanes) is 3. The van der Waals surface area contributed by atoms with Crippen molar-refractivity contribution in [1.82, 2.24) is 0 Å². The van der Waals surface area contributed by atoms with Gasteiger partial charge in [-0.1, -0.05) is 12.8 Å². The Morgan fingerprint density at radius 3 is 1.53 bits per heavy atom. The number of hydrogen-bond acceptors (Lipinski definition) is 13. The second kappa shape index (κ2) is 7.90. The standard InChI is InChI=1S/C15H37NO12Si6/c1-13-15-14(2,30(5,6)26-32(15,17)25-29(13,3)4)23-34(20,21)28-31(24-15,27-33(18,19)22-13)12-10-8-7-9-11-16/h17-21H,7-12,16H2,1-6H3. The van der Waals surface area contributed by atoms with E-state index in [9.17, 15) is 24.0 Å². The minimum atomic E-state index is -4.99. The molecule has 19 heteroatoms. The van der Waals surface area contributed by atoms with Crippen molar-refractivity contribution in [1.29, 1.82) is 0 Å². The van der Waals surface area contributed by atoms with Gasteiger partial charge in [-0.05, 0) is 59.4 Å². The minimum absolute atomic E-state index is 0.0123. The lowest BCUT2D eigenvalue weighted by atomic mass is 10.1. The Balaban J connectivity index is 1.94. The molecule has 0 saturated carbocycles. The molecule has 13 nitrogen and oxygen atoms in total. The molecule has 2 bridgehead atoms. The highest BCUT2D eigenvalue weighted by Crippen LogP contribution is 2.67. The minimum Gasteiger partial charge on any atom is -0.412 e. The molecule has 0 aromatic rings. The van der Waals surface area contributed by atoms with Gasteiger partial charge in [0.2, 0.25) is 16.6 Å². The van der Waals surface area contributed by atoms with Gasteiger partial charge in [-0.2, -0.15) is 0 Å². The molecule has 4 aliphatic rings. The van der Waals surface area contributed by atoms with E-state index < -0.39 is 68.0 Å². The van der Waals surface area contributed by atoms with Gasteiger partial charge >= 0.3 is 35.7 Å². The summed E-state index contributed by atoms with van der Waals surface area (Å²) in [6, 6.07) is 0.0123. The molecule has 0 aromatic heterocycles. The molecule has 0 aliphatic carbocycles. The highest BCUT2D eigenvalue weighted by atomic mass is 28.5. The summed E-state index contributed by atoms with van der Waals surface area (Å²) in [7, 11) is -25.1. The molecule has 0 radical (unpaired) electrons. The number of fused-ring (bicyclic) bond motifs is 1. The van der Waals surface area contributed by atoms with E-state index in [0.717, 1.165) is 12.8 Å².